The number of furan rings is 1. The lowest BCUT2D eigenvalue weighted by Crippen LogP contribution is -2.31. The first-order chi connectivity index (χ1) is 13.0. The molecule has 1 heterocycles. The highest BCUT2D eigenvalue weighted by Gasteiger charge is 2.15. The van der Waals surface area contributed by atoms with E-state index in [0.717, 1.165) is 11.0 Å². The molecule has 27 heavy (non-hydrogen) atoms. The first-order valence-electron chi connectivity index (χ1n) is 8.33. The number of hydrogen-bond acceptors (Lipinski definition) is 5. The zero-order chi connectivity index (χ0) is 19.2. The molecule has 1 amide bonds. The largest absolute Gasteiger partial charge is 0.482 e. The monoisotopic (exact) mass is 387 g/mol. The molecule has 0 fully saturated rings. The molecule has 0 saturated heterocycles. The van der Waals surface area contributed by atoms with Gasteiger partial charge < -0.3 is 19.2 Å². The van der Waals surface area contributed by atoms with Gasteiger partial charge in [0.05, 0.1) is 6.04 Å². The number of halogens is 1. The smallest absolute Gasteiger partial charge is 0.344 e. The van der Waals surface area contributed by atoms with Gasteiger partial charge in [0.1, 0.15) is 17.1 Å². The SMILES string of the molecule is C[C@H](NC(=O)COC(=O)COc1cccc(Cl)c1)c1cc2ccccc2o1. The number of fused-ring (bicyclic) bond motifs is 1. The Labute approximate surface area is 161 Å². The van der Waals surface area contributed by atoms with Crippen LogP contribution in [0.5, 0.6) is 5.75 Å². The number of carbonyl (C=O) groups excluding carboxylic acids is 2. The lowest BCUT2D eigenvalue weighted by atomic mass is 10.2. The van der Waals surface area contributed by atoms with E-state index in [1.165, 1.54) is 0 Å². The second-order valence-corrected chi connectivity index (χ2v) is 6.32. The number of benzene rings is 2. The zero-order valence-corrected chi connectivity index (χ0v) is 15.4. The minimum Gasteiger partial charge on any atom is -0.482 e. The fourth-order valence-electron chi connectivity index (χ4n) is 2.46. The summed E-state index contributed by atoms with van der Waals surface area (Å²) in [4.78, 5) is 23.7. The van der Waals surface area contributed by atoms with E-state index in [1.54, 1.807) is 31.2 Å². The molecule has 140 valence electrons. The van der Waals surface area contributed by atoms with Crippen molar-refractivity contribution in [3.8, 4) is 5.75 Å². The van der Waals surface area contributed by atoms with Gasteiger partial charge in [-0.3, -0.25) is 4.79 Å². The Morgan fingerprint density at radius 3 is 2.70 bits per heavy atom. The lowest BCUT2D eigenvalue weighted by molar-refractivity contribution is -0.150. The van der Waals surface area contributed by atoms with Gasteiger partial charge in [-0.25, -0.2) is 4.79 Å². The minimum atomic E-state index is -0.651. The maximum absolute atomic E-state index is 12.0. The average molecular weight is 388 g/mol. The van der Waals surface area contributed by atoms with Crippen LogP contribution >= 0.6 is 11.6 Å². The zero-order valence-electron chi connectivity index (χ0n) is 14.6. The molecule has 0 spiro atoms. The molecule has 7 heteroatoms. The number of amides is 1. The second-order valence-electron chi connectivity index (χ2n) is 5.88. The van der Waals surface area contributed by atoms with E-state index in [0.29, 0.717) is 16.5 Å². The van der Waals surface area contributed by atoms with Crippen molar-refractivity contribution in [3.63, 3.8) is 0 Å². The molecular weight excluding hydrogens is 370 g/mol. The predicted octanol–water partition coefficient (Wildman–Crippen LogP) is 3.89. The summed E-state index contributed by atoms with van der Waals surface area (Å²) >= 11 is 5.83. The van der Waals surface area contributed by atoms with Crippen molar-refractivity contribution < 1.29 is 23.5 Å². The van der Waals surface area contributed by atoms with Gasteiger partial charge in [-0.1, -0.05) is 35.9 Å². The van der Waals surface area contributed by atoms with Crippen LogP contribution in [-0.4, -0.2) is 25.1 Å². The van der Waals surface area contributed by atoms with Gasteiger partial charge in [0.25, 0.3) is 5.91 Å². The second kappa shape index (κ2) is 8.60. The summed E-state index contributed by atoms with van der Waals surface area (Å²) in [7, 11) is 0. The molecule has 1 aromatic heterocycles. The first-order valence-corrected chi connectivity index (χ1v) is 8.71. The molecular formula is C20H18ClNO5. The van der Waals surface area contributed by atoms with E-state index in [-0.39, 0.29) is 12.6 Å². The van der Waals surface area contributed by atoms with Crippen LogP contribution in [0.2, 0.25) is 5.02 Å². The topological polar surface area (TPSA) is 77.8 Å². The van der Waals surface area contributed by atoms with Gasteiger partial charge >= 0.3 is 5.97 Å². The third-order valence-electron chi connectivity index (χ3n) is 3.77. The van der Waals surface area contributed by atoms with Crippen molar-refractivity contribution in [1.82, 2.24) is 5.32 Å². The summed E-state index contributed by atoms with van der Waals surface area (Å²) in [6.45, 7) is 1.08. The van der Waals surface area contributed by atoms with Gasteiger partial charge in [-0.15, -0.1) is 0 Å². The highest BCUT2D eigenvalue weighted by atomic mass is 35.5. The highest BCUT2D eigenvalue weighted by molar-refractivity contribution is 6.30. The van der Waals surface area contributed by atoms with Gasteiger partial charge in [0.15, 0.2) is 13.2 Å². The number of rotatable bonds is 7. The van der Waals surface area contributed by atoms with Crippen LogP contribution in [0.1, 0.15) is 18.7 Å². The summed E-state index contributed by atoms with van der Waals surface area (Å²) < 4.78 is 15.9. The van der Waals surface area contributed by atoms with Crippen LogP contribution in [0.25, 0.3) is 11.0 Å². The molecule has 0 radical (unpaired) electrons. The summed E-state index contributed by atoms with van der Waals surface area (Å²) in [5, 5.41) is 4.18. The van der Waals surface area contributed by atoms with Gasteiger partial charge in [0, 0.05) is 10.4 Å². The molecule has 3 aromatic rings. The molecule has 1 atom stereocenters. The van der Waals surface area contributed by atoms with Crippen LogP contribution in [0.3, 0.4) is 0 Å². The fraction of sp³-hybridized carbons (Fsp3) is 0.200. The molecule has 0 bridgehead atoms. The van der Waals surface area contributed by atoms with Crippen LogP contribution in [0.4, 0.5) is 0 Å². The normalized spacial score (nSPS) is 11.8. The minimum absolute atomic E-state index is 0.313. The molecule has 0 aliphatic heterocycles. The van der Waals surface area contributed by atoms with Crippen LogP contribution < -0.4 is 10.1 Å². The van der Waals surface area contributed by atoms with Crippen molar-refractivity contribution in [2.24, 2.45) is 0 Å². The van der Waals surface area contributed by atoms with Crippen LogP contribution in [-0.2, 0) is 14.3 Å². The number of carbonyl (C=O) groups is 2. The maximum atomic E-state index is 12.0. The summed E-state index contributed by atoms with van der Waals surface area (Å²) in [6.07, 6.45) is 0. The van der Waals surface area contributed by atoms with E-state index < -0.39 is 18.5 Å². The Hall–Kier alpha value is -2.99. The summed E-state index contributed by atoms with van der Waals surface area (Å²) in [6, 6.07) is 15.7. The molecule has 6 nitrogen and oxygen atoms in total. The molecule has 3 rings (SSSR count). The average Bonchev–Trinajstić information content (AvgIpc) is 3.09. The molecule has 0 aliphatic rings. The van der Waals surface area contributed by atoms with E-state index in [1.807, 2.05) is 30.3 Å². The summed E-state index contributed by atoms with van der Waals surface area (Å²) in [5.41, 5.74) is 0.748. The maximum Gasteiger partial charge on any atom is 0.344 e. The Morgan fingerprint density at radius 2 is 1.93 bits per heavy atom. The van der Waals surface area contributed by atoms with Gasteiger partial charge in [-0.2, -0.15) is 0 Å². The van der Waals surface area contributed by atoms with Crippen molar-refractivity contribution in [2.45, 2.75) is 13.0 Å². The quantitative estimate of drug-likeness (QED) is 0.622. The standard InChI is InChI=1S/C20H18ClNO5/c1-13(18-9-14-5-2-3-8-17(14)27-18)22-19(23)11-26-20(24)12-25-16-7-4-6-15(21)10-16/h2-10,13H,11-12H2,1H3,(H,22,23)/t13-/m0/s1. The molecule has 2 aromatic carbocycles. The molecule has 0 saturated carbocycles. The Morgan fingerprint density at radius 1 is 1.11 bits per heavy atom. The van der Waals surface area contributed by atoms with E-state index in [2.05, 4.69) is 5.32 Å². The summed E-state index contributed by atoms with van der Waals surface area (Å²) in [5.74, 6) is -0.0110. The number of hydrogen-bond donors (Lipinski definition) is 1. The molecule has 1 N–H and O–H groups in total. The third-order valence-corrected chi connectivity index (χ3v) is 4.00. The van der Waals surface area contributed by atoms with Crippen molar-refractivity contribution in [2.75, 3.05) is 13.2 Å². The molecule has 0 unspecified atom stereocenters. The Bertz CT molecular complexity index is 919. The third kappa shape index (κ3) is 5.24. The van der Waals surface area contributed by atoms with Gasteiger partial charge in [-0.05, 0) is 37.3 Å². The van der Waals surface area contributed by atoms with Crippen LogP contribution in [0, 0.1) is 0 Å². The molecule has 0 aliphatic carbocycles. The van der Waals surface area contributed by atoms with Crippen LogP contribution in [0.15, 0.2) is 59.0 Å². The van der Waals surface area contributed by atoms with E-state index in [9.17, 15) is 9.59 Å². The Balaban J connectivity index is 1.43. The number of nitrogens with one attached hydrogen (secondary N) is 1. The predicted molar refractivity (Wildman–Crippen MR) is 101 cm³/mol. The van der Waals surface area contributed by atoms with Gasteiger partial charge in [0.2, 0.25) is 0 Å². The number of ether oxygens (including phenoxy) is 2. The van der Waals surface area contributed by atoms with E-state index >= 15 is 0 Å². The number of para-hydroxylation sites is 1. The fourth-order valence-corrected chi connectivity index (χ4v) is 2.64. The van der Waals surface area contributed by atoms with E-state index in [4.69, 9.17) is 25.5 Å². The Kier molecular flexibility index (Phi) is 5.98. The highest BCUT2D eigenvalue weighted by Crippen LogP contribution is 2.23. The van der Waals surface area contributed by atoms with Crippen molar-refractivity contribution >= 4 is 34.4 Å². The van der Waals surface area contributed by atoms with Crippen molar-refractivity contribution in [3.05, 3.63) is 65.4 Å². The lowest BCUT2D eigenvalue weighted by Gasteiger charge is -2.12. The van der Waals surface area contributed by atoms with Crippen molar-refractivity contribution in [1.29, 1.82) is 0 Å². The first kappa shape index (κ1) is 18.8. The number of esters is 1.